The van der Waals surface area contributed by atoms with Crippen LogP contribution in [0.2, 0.25) is 0 Å². The molecule has 0 aromatic carbocycles. The highest BCUT2D eigenvalue weighted by atomic mass is 32.2. The average molecular weight is 247 g/mol. The Bertz CT molecular complexity index is 325. The van der Waals surface area contributed by atoms with E-state index < -0.39 is 28.1 Å². The van der Waals surface area contributed by atoms with Crippen LogP contribution in [0.4, 0.5) is 0 Å². The van der Waals surface area contributed by atoms with Crippen molar-refractivity contribution < 1.29 is 18.9 Å². The molecule has 2 N–H and O–H groups in total. The summed E-state index contributed by atoms with van der Waals surface area (Å²) in [5, 5.41) is 11.5. The number of carboxylic acids is 1. The van der Waals surface area contributed by atoms with Crippen molar-refractivity contribution in [2.45, 2.75) is 31.4 Å². The fraction of sp³-hybridized carbons (Fsp3) is 0.800. The van der Waals surface area contributed by atoms with Gasteiger partial charge in [-0.3, -0.25) is 13.8 Å². The van der Waals surface area contributed by atoms with Gasteiger partial charge in [-0.25, -0.2) is 0 Å². The summed E-state index contributed by atoms with van der Waals surface area (Å²) < 4.78 is 11.0. The Morgan fingerprint density at radius 3 is 2.44 bits per heavy atom. The monoisotopic (exact) mass is 247 g/mol. The molecule has 92 valence electrons. The van der Waals surface area contributed by atoms with Gasteiger partial charge in [-0.1, -0.05) is 6.92 Å². The first-order valence-corrected chi connectivity index (χ1v) is 6.86. The van der Waals surface area contributed by atoms with E-state index in [0.717, 1.165) is 0 Å². The smallest absolute Gasteiger partial charge is 0.319 e. The fourth-order valence-corrected chi connectivity index (χ4v) is 1.84. The first-order valence-electron chi connectivity index (χ1n) is 5.24. The zero-order chi connectivity index (χ0) is 12.3. The van der Waals surface area contributed by atoms with Crippen molar-refractivity contribution in [3.8, 4) is 0 Å². The largest absolute Gasteiger partial charge is 0.480 e. The normalized spacial score (nSPS) is 20.9. The first-order chi connectivity index (χ1) is 7.40. The van der Waals surface area contributed by atoms with Crippen LogP contribution >= 0.6 is 0 Å². The van der Waals surface area contributed by atoms with E-state index in [1.165, 1.54) is 0 Å². The molecule has 1 amide bonds. The molecular formula is C10H17NO4S. The molecule has 1 rings (SSSR count). The van der Waals surface area contributed by atoms with Crippen LogP contribution in [0.5, 0.6) is 0 Å². The molecule has 0 spiro atoms. The van der Waals surface area contributed by atoms with Crippen molar-refractivity contribution in [3.63, 3.8) is 0 Å². The lowest BCUT2D eigenvalue weighted by Gasteiger charge is -2.12. The van der Waals surface area contributed by atoms with Gasteiger partial charge >= 0.3 is 5.97 Å². The Hall–Kier alpha value is -0.910. The molecule has 0 aromatic heterocycles. The molecule has 0 bridgehead atoms. The van der Waals surface area contributed by atoms with E-state index in [9.17, 15) is 13.8 Å². The van der Waals surface area contributed by atoms with Crippen LogP contribution in [0.3, 0.4) is 0 Å². The van der Waals surface area contributed by atoms with Crippen LogP contribution in [-0.4, -0.2) is 39.2 Å². The van der Waals surface area contributed by atoms with E-state index in [4.69, 9.17) is 5.11 Å². The zero-order valence-electron chi connectivity index (χ0n) is 9.49. The molecule has 5 nitrogen and oxygen atoms in total. The minimum Gasteiger partial charge on any atom is -0.480 e. The van der Waals surface area contributed by atoms with E-state index in [1.807, 2.05) is 6.92 Å². The lowest BCUT2D eigenvalue weighted by atomic mass is 10.1. The third-order valence-electron chi connectivity index (χ3n) is 3.00. The van der Waals surface area contributed by atoms with Crippen LogP contribution < -0.4 is 5.32 Å². The third-order valence-corrected chi connectivity index (χ3v) is 4.37. The number of amides is 1. The van der Waals surface area contributed by atoms with Gasteiger partial charge in [0.25, 0.3) is 0 Å². The minimum atomic E-state index is -1.17. The Balaban J connectivity index is 2.32. The predicted octanol–water partition coefficient (Wildman–Crippen LogP) is 0.124. The Kier molecular flexibility index (Phi) is 4.07. The van der Waals surface area contributed by atoms with E-state index in [2.05, 4.69) is 5.32 Å². The first kappa shape index (κ1) is 13.2. The summed E-state index contributed by atoms with van der Waals surface area (Å²) >= 11 is 0. The summed E-state index contributed by atoms with van der Waals surface area (Å²) in [6, 6.07) is 0. The van der Waals surface area contributed by atoms with Gasteiger partial charge in [0.1, 0.15) is 5.41 Å². The standard InChI is InChI=1S/C10H17NO4S/c1-7(16(2)15)3-6-11-8(12)10(4-5-10)9(13)14/h7H,3-6H2,1-2H3,(H,11,12)(H,13,14). The Morgan fingerprint density at radius 2 is 2.06 bits per heavy atom. The molecule has 2 atom stereocenters. The summed E-state index contributed by atoms with van der Waals surface area (Å²) in [6.07, 6.45) is 3.06. The molecule has 2 unspecified atom stereocenters. The maximum atomic E-state index is 11.6. The molecule has 0 heterocycles. The lowest BCUT2D eigenvalue weighted by molar-refractivity contribution is -0.149. The zero-order valence-corrected chi connectivity index (χ0v) is 10.3. The summed E-state index contributed by atoms with van der Waals surface area (Å²) in [7, 11) is -0.907. The maximum absolute atomic E-state index is 11.6. The summed E-state index contributed by atoms with van der Waals surface area (Å²) in [5.41, 5.74) is -1.17. The van der Waals surface area contributed by atoms with E-state index in [1.54, 1.807) is 6.26 Å². The van der Waals surface area contributed by atoms with Gasteiger partial charge in [0, 0.05) is 28.9 Å². The second-order valence-electron chi connectivity index (χ2n) is 4.24. The SMILES string of the molecule is CC(CCNC(=O)C1(C(=O)O)CC1)S(C)=O. The lowest BCUT2D eigenvalue weighted by Crippen LogP contribution is -2.38. The highest BCUT2D eigenvalue weighted by Crippen LogP contribution is 2.45. The van der Waals surface area contributed by atoms with Crippen molar-refractivity contribution in [1.82, 2.24) is 5.32 Å². The fourth-order valence-electron chi connectivity index (χ4n) is 1.39. The molecule has 0 aromatic rings. The molecule has 6 heteroatoms. The summed E-state index contributed by atoms with van der Waals surface area (Å²) in [5.74, 6) is -1.45. The molecule has 0 aliphatic heterocycles. The van der Waals surface area contributed by atoms with Gasteiger partial charge in [0.05, 0.1) is 0 Å². The van der Waals surface area contributed by atoms with Gasteiger partial charge in [-0.05, 0) is 19.3 Å². The molecule has 1 fully saturated rings. The van der Waals surface area contributed by atoms with Gasteiger partial charge in [-0.2, -0.15) is 0 Å². The van der Waals surface area contributed by atoms with E-state index in [0.29, 0.717) is 25.8 Å². The summed E-state index contributed by atoms with van der Waals surface area (Å²) in [4.78, 5) is 22.4. The van der Waals surface area contributed by atoms with Crippen molar-refractivity contribution in [3.05, 3.63) is 0 Å². The van der Waals surface area contributed by atoms with Crippen molar-refractivity contribution in [2.75, 3.05) is 12.8 Å². The van der Waals surface area contributed by atoms with Crippen molar-refractivity contribution in [1.29, 1.82) is 0 Å². The Labute approximate surface area is 97.1 Å². The highest BCUT2D eigenvalue weighted by Gasteiger charge is 2.56. The number of aliphatic carboxylic acids is 1. The summed E-state index contributed by atoms with van der Waals surface area (Å²) in [6.45, 7) is 2.22. The minimum absolute atomic E-state index is 0.0141. The molecule has 0 radical (unpaired) electrons. The predicted molar refractivity (Wildman–Crippen MR) is 60.5 cm³/mol. The van der Waals surface area contributed by atoms with Crippen LogP contribution in [0.1, 0.15) is 26.2 Å². The van der Waals surface area contributed by atoms with Crippen LogP contribution in [-0.2, 0) is 20.4 Å². The number of hydrogen-bond acceptors (Lipinski definition) is 3. The third kappa shape index (κ3) is 2.81. The van der Waals surface area contributed by atoms with Crippen molar-refractivity contribution >= 4 is 22.7 Å². The molecule has 1 aliphatic rings. The van der Waals surface area contributed by atoms with Crippen LogP contribution in [0, 0.1) is 5.41 Å². The molecular weight excluding hydrogens is 230 g/mol. The number of carbonyl (C=O) groups is 2. The number of hydrogen-bond donors (Lipinski definition) is 2. The van der Waals surface area contributed by atoms with Gasteiger partial charge < -0.3 is 10.4 Å². The van der Waals surface area contributed by atoms with E-state index in [-0.39, 0.29) is 5.25 Å². The van der Waals surface area contributed by atoms with Crippen LogP contribution in [0.15, 0.2) is 0 Å². The van der Waals surface area contributed by atoms with Gasteiger partial charge in [-0.15, -0.1) is 0 Å². The highest BCUT2D eigenvalue weighted by molar-refractivity contribution is 7.84. The number of rotatable bonds is 6. The maximum Gasteiger partial charge on any atom is 0.319 e. The molecule has 16 heavy (non-hydrogen) atoms. The molecule has 1 aliphatic carbocycles. The quantitative estimate of drug-likeness (QED) is 0.653. The number of nitrogens with one attached hydrogen (secondary N) is 1. The molecule has 1 saturated carbocycles. The number of carbonyl (C=O) groups excluding carboxylic acids is 1. The van der Waals surface area contributed by atoms with Gasteiger partial charge in [0.2, 0.25) is 5.91 Å². The average Bonchev–Trinajstić information content (AvgIpc) is 2.97. The number of carboxylic acid groups (broad SMARTS) is 1. The van der Waals surface area contributed by atoms with Gasteiger partial charge in [0.15, 0.2) is 0 Å². The van der Waals surface area contributed by atoms with E-state index >= 15 is 0 Å². The Morgan fingerprint density at radius 1 is 1.50 bits per heavy atom. The van der Waals surface area contributed by atoms with Crippen LogP contribution in [0.25, 0.3) is 0 Å². The topological polar surface area (TPSA) is 83.5 Å². The molecule has 0 saturated heterocycles. The second-order valence-corrected chi connectivity index (χ2v) is 6.04. The van der Waals surface area contributed by atoms with Crippen molar-refractivity contribution in [2.24, 2.45) is 5.41 Å². The second kappa shape index (κ2) is 4.95.